The molecule has 0 unspecified atom stereocenters. The Labute approximate surface area is 198 Å². The molecule has 0 radical (unpaired) electrons. The summed E-state index contributed by atoms with van der Waals surface area (Å²) >= 11 is 6.01. The lowest BCUT2D eigenvalue weighted by Gasteiger charge is -2.27. The Hall–Kier alpha value is -2.29. The van der Waals surface area contributed by atoms with Crippen molar-refractivity contribution in [1.82, 2.24) is 15.1 Å². The Morgan fingerprint density at radius 2 is 1.88 bits per heavy atom. The van der Waals surface area contributed by atoms with E-state index in [4.69, 9.17) is 16.3 Å². The largest absolute Gasteiger partial charge is 0.381 e. The van der Waals surface area contributed by atoms with Gasteiger partial charge in [0.15, 0.2) is 5.69 Å². The van der Waals surface area contributed by atoms with E-state index >= 15 is 0 Å². The number of rotatable bonds is 6. The first-order valence-electron chi connectivity index (χ1n) is 11.7. The van der Waals surface area contributed by atoms with Gasteiger partial charge < -0.3 is 20.3 Å². The normalized spacial score (nSPS) is 25.7. The number of likely N-dealkylation sites (tertiary alicyclic amines) is 1. The molecule has 1 aliphatic carbocycles. The van der Waals surface area contributed by atoms with E-state index in [1.165, 1.54) is 50.7 Å². The molecule has 3 fully saturated rings. The van der Waals surface area contributed by atoms with Crippen molar-refractivity contribution in [3.63, 3.8) is 0 Å². The molecule has 1 saturated carbocycles. The lowest BCUT2D eigenvalue weighted by atomic mass is 10.00. The predicted octanol–water partition coefficient (Wildman–Crippen LogP) is 4.07. The summed E-state index contributed by atoms with van der Waals surface area (Å²) in [5.41, 5.74) is 0.349. The fourth-order valence-electron chi connectivity index (χ4n) is 5.48. The van der Waals surface area contributed by atoms with Crippen LogP contribution in [0.3, 0.4) is 0 Å². The number of halogens is 2. The number of benzene rings is 1. The number of carbonyl (C=O) groups excluding carboxylic acids is 1. The van der Waals surface area contributed by atoms with Gasteiger partial charge in [-0.15, -0.1) is 10.2 Å². The summed E-state index contributed by atoms with van der Waals surface area (Å²) in [6, 6.07) is 7.56. The second kappa shape index (κ2) is 9.91. The minimum absolute atomic E-state index is 0.146. The summed E-state index contributed by atoms with van der Waals surface area (Å²) in [6.07, 6.45) is 4.66. The zero-order valence-corrected chi connectivity index (χ0v) is 19.2. The quantitative estimate of drug-likeness (QED) is 0.658. The molecule has 9 heteroatoms. The van der Waals surface area contributed by atoms with Crippen molar-refractivity contribution in [1.29, 1.82) is 0 Å². The molecular weight excluding hydrogens is 445 g/mol. The van der Waals surface area contributed by atoms with Crippen LogP contribution < -0.4 is 10.6 Å². The molecule has 0 bridgehead atoms. The Bertz CT molecular complexity index is 971. The molecule has 3 atom stereocenters. The maximum atomic E-state index is 13.4. The number of aromatic nitrogens is 2. The number of nitrogens with zero attached hydrogens (tertiary/aromatic N) is 3. The highest BCUT2D eigenvalue weighted by molar-refractivity contribution is 6.33. The van der Waals surface area contributed by atoms with E-state index < -0.39 is 11.7 Å². The van der Waals surface area contributed by atoms with Crippen LogP contribution in [0.15, 0.2) is 30.3 Å². The first-order chi connectivity index (χ1) is 16.0. The summed E-state index contributed by atoms with van der Waals surface area (Å²) in [4.78, 5) is 15.1. The van der Waals surface area contributed by atoms with E-state index in [9.17, 15) is 9.18 Å². The molecule has 2 N–H and O–H groups in total. The van der Waals surface area contributed by atoms with Crippen LogP contribution in [0.4, 0.5) is 15.9 Å². The van der Waals surface area contributed by atoms with E-state index in [2.05, 4.69) is 25.7 Å². The molecule has 2 aliphatic heterocycles. The van der Waals surface area contributed by atoms with Gasteiger partial charge in [0.05, 0.1) is 10.7 Å². The first-order valence-corrected chi connectivity index (χ1v) is 12.1. The molecule has 176 valence electrons. The molecule has 2 saturated heterocycles. The average Bonchev–Trinajstić information content (AvgIpc) is 3.35. The number of nitrogens with one attached hydrogen (secondary N) is 2. The Balaban J connectivity index is 1.10. The van der Waals surface area contributed by atoms with Crippen LogP contribution in [0.5, 0.6) is 0 Å². The van der Waals surface area contributed by atoms with Gasteiger partial charge in [-0.1, -0.05) is 11.6 Å². The van der Waals surface area contributed by atoms with E-state index in [1.54, 1.807) is 12.1 Å². The third-order valence-corrected chi connectivity index (χ3v) is 7.44. The highest BCUT2D eigenvalue weighted by Crippen LogP contribution is 2.39. The van der Waals surface area contributed by atoms with Gasteiger partial charge in [0.25, 0.3) is 5.91 Å². The summed E-state index contributed by atoms with van der Waals surface area (Å²) in [5, 5.41) is 14.5. The smallest absolute Gasteiger partial charge is 0.276 e. The van der Waals surface area contributed by atoms with Gasteiger partial charge in [0.2, 0.25) is 0 Å². The first kappa shape index (κ1) is 22.5. The van der Waals surface area contributed by atoms with Crippen molar-refractivity contribution in [2.24, 2.45) is 17.8 Å². The number of fused-ring (bicyclic) bond motifs is 1. The van der Waals surface area contributed by atoms with Gasteiger partial charge in [-0.2, -0.15) is 0 Å². The molecule has 33 heavy (non-hydrogen) atoms. The fourth-order valence-corrected chi connectivity index (χ4v) is 5.64. The summed E-state index contributed by atoms with van der Waals surface area (Å²) in [7, 11) is 0. The topological polar surface area (TPSA) is 79.4 Å². The Morgan fingerprint density at radius 3 is 2.58 bits per heavy atom. The molecule has 0 spiro atoms. The van der Waals surface area contributed by atoms with Crippen LogP contribution in [-0.4, -0.2) is 59.9 Å². The number of anilines is 2. The standard InChI is InChI=1S/C24H29ClFN5O2/c25-20-2-1-18(26)11-22(20)28-24(32)21-3-4-23(30-29-21)27-19-9-16-13-31(14-17(16)10-19)12-15-5-7-33-8-6-15/h1-4,11,15-17,19H,5-10,12-14H2,(H,27,30)(H,28,32)/t16-,17+,19-. The summed E-state index contributed by atoms with van der Waals surface area (Å²) in [5.74, 6) is 1.96. The van der Waals surface area contributed by atoms with Crippen molar-refractivity contribution < 1.29 is 13.9 Å². The Kier molecular flexibility index (Phi) is 6.76. The fraction of sp³-hybridized carbons (Fsp3) is 0.542. The minimum Gasteiger partial charge on any atom is -0.381 e. The van der Waals surface area contributed by atoms with Crippen LogP contribution >= 0.6 is 11.6 Å². The number of carbonyl (C=O) groups is 1. The summed E-state index contributed by atoms with van der Waals surface area (Å²) < 4.78 is 18.9. The second-order valence-corrected chi connectivity index (χ2v) is 9.90. The van der Waals surface area contributed by atoms with E-state index in [0.717, 1.165) is 43.8 Å². The van der Waals surface area contributed by atoms with Crippen molar-refractivity contribution in [3.05, 3.63) is 46.9 Å². The second-order valence-electron chi connectivity index (χ2n) is 9.49. The van der Waals surface area contributed by atoms with Gasteiger partial charge in [-0.25, -0.2) is 4.39 Å². The van der Waals surface area contributed by atoms with Crippen LogP contribution in [0.25, 0.3) is 0 Å². The highest BCUT2D eigenvalue weighted by atomic mass is 35.5. The van der Waals surface area contributed by atoms with E-state index in [-0.39, 0.29) is 16.4 Å². The van der Waals surface area contributed by atoms with Gasteiger partial charge in [0.1, 0.15) is 11.6 Å². The molecule has 1 amide bonds. The third kappa shape index (κ3) is 5.45. The molecule has 2 aromatic rings. The van der Waals surface area contributed by atoms with Crippen LogP contribution in [-0.2, 0) is 4.74 Å². The summed E-state index contributed by atoms with van der Waals surface area (Å²) in [6.45, 7) is 5.42. The lowest BCUT2D eigenvalue weighted by molar-refractivity contribution is 0.0545. The van der Waals surface area contributed by atoms with Gasteiger partial charge in [-0.05, 0) is 73.8 Å². The van der Waals surface area contributed by atoms with E-state index in [1.807, 2.05) is 0 Å². The third-order valence-electron chi connectivity index (χ3n) is 7.11. The molecule has 3 heterocycles. The number of amides is 1. The molecule has 3 aliphatic rings. The predicted molar refractivity (Wildman–Crippen MR) is 125 cm³/mol. The van der Waals surface area contributed by atoms with Crippen LogP contribution in [0.2, 0.25) is 5.02 Å². The SMILES string of the molecule is O=C(Nc1cc(F)ccc1Cl)c1ccc(N[C@@H]2C[C@@H]3CN(CC4CCOCC4)C[C@@H]3C2)nn1. The molecular formula is C24H29ClFN5O2. The van der Waals surface area contributed by atoms with Crippen LogP contribution in [0.1, 0.15) is 36.2 Å². The van der Waals surface area contributed by atoms with Gasteiger partial charge >= 0.3 is 0 Å². The number of hydrogen-bond donors (Lipinski definition) is 2. The van der Waals surface area contributed by atoms with E-state index in [0.29, 0.717) is 11.9 Å². The highest BCUT2D eigenvalue weighted by Gasteiger charge is 2.41. The zero-order chi connectivity index (χ0) is 22.8. The molecule has 1 aromatic heterocycles. The Morgan fingerprint density at radius 1 is 1.12 bits per heavy atom. The van der Waals surface area contributed by atoms with Gasteiger partial charge in [0, 0.05) is 38.9 Å². The molecule has 5 rings (SSSR count). The van der Waals surface area contributed by atoms with Crippen molar-refractivity contribution in [3.8, 4) is 0 Å². The lowest BCUT2D eigenvalue weighted by Crippen LogP contribution is -2.32. The van der Waals surface area contributed by atoms with Crippen molar-refractivity contribution in [2.45, 2.75) is 31.7 Å². The molecule has 1 aromatic carbocycles. The number of hydrogen-bond acceptors (Lipinski definition) is 6. The van der Waals surface area contributed by atoms with Crippen molar-refractivity contribution >= 4 is 29.0 Å². The van der Waals surface area contributed by atoms with Crippen molar-refractivity contribution in [2.75, 3.05) is 43.5 Å². The maximum Gasteiger partial charge on any atom is 0.276 e. The molecule has 7 nitrogen and oxygen atoms in total. The van der Waals surface area contributed by atoms with Gasteiger partial charge in [-0.3, -0.25) is 4.79 Å². The maximum absolute atomic E-state index is 13.4. The monoisotopic (exact) mass is 473 g/mol. The average molecular weight is 474 g/mol. The minimum atomic E-state index is -0.485. The zero-order valence-electron chi connectivity index (χ0n) is 18.5. The van der Waals surface area contributed by atoms with Crippen LogP contribution in [0, 0.1) is 23.6 Å². The number of ether oxygens (including phenoxy) is 1.